The summed E-state index contributed by atoms with van der Waals surface area (Å²) in [6, 6.07) is 11.2. The van der Waals surface area contributed by atoms with E-state index in [-0.39, 0.29) is 34.5 Å². The number of sulfonamides is 1. The third-order valence-electron chi connectivity index (χ3n) is 6.04. The molecule has 0 aliphatic rings. The van der Waals surface area contributed by atoms with Crippen LogP contribution in [0.1, 0.15) is 12.5 Å². The molecule has 0 spiro atoms. The molecule has 0 aliphatic heterocycles. The van der Waals surface area contributed by atoms with Crippen molar-refractivity contribution in [1.82, 2.24) is 19.9 Å². The van der Waals surface area contributed by atoms with Gasteiger partial charge in [0.25, 0.3) is 15.6 Å². The van der Waals surface area contributed by atoms with Gasteiger partial charge in [-0.15, -0.1) is 0 Å². The molecule has 38 heavy (non-hydrogen) atoms. The predicted octanol–water partition coefficient (Wildman–Crippen LogP) is 3.61. The van der Waals surface area contributed by atoms with Crippen LogP contribution in [-0.4, -0.2) is 43.0 Å². The minimum atomic E-state index is -3.98. The molecule has 4 rings (SSSR count). The molecule has 2 aromatic carbocycles. The maximum absolute atomic E-state index is 13.2. The quantitative estimate of drug-likeness (QED) is 0.339. The number of amides is 1. The highest BCUT2D eigenvalue weighted by Crippen LogP contribution is 2.31. The fourth-order valence-electron chi connectivity index (χ4n) is 4.05. The highest BCUT2D eigenvalue weighted by molar-refractivity contribution is 7.92. The van der Waals surface area contributed by atoms with Crippen LogP contribution in [-0.2, 0) is 21.4 Å². The van der Waals surface area contributed by atoms with E-state index in [9.17, 15) is 18.0 Å². The monoisotopic (exact) mass is 555 g/mol. The Kier molecular flexibility index (Phi) is 7.70. The minimum Gasteiger partial charge on any atom is -0.480 e. The number of pyridine rings is 1. The van der Waals surface area contributed by atoms with E-state index >= 15 is 0 Å². The minimum absolute atomic E-state index is 0.0673. The van der Waals surface area contributed by atoms with Crippen LogP contribution in [0.5, 0.6) is 5.88 Å². The predicted molar refractivity (Wildman–Crippen MR) is 146 cm³/mol. The van der Waals surface area contributed by atoms with Crippen molar-refractivity contribution in [3.8, 4) is 17.0 Å². The number of nitrogens with zero attached hydrogens (tertiary/aromatic N) is 3. The number of hydrogen-bond donors (Lipinski definition) is 2. The Morgan fingerprint density at radius 2 is 1.89 bits per heavy atom. The van der Waals surface area contributed by atoms with Crippen molar-refractivity contribution in [2.75, 3.05) is 18.9 Å². The number of rotatable bonds is 8. The molecule has 1 atom stereocenters. The SMILES string of the molecule is CNC(=O)[C@@H](C)Cn1cnc2ccc(-c3cnc(OC)c(NS(=O)(=O)c4ccc(Cl)cc4C)c3)cc2c1=O. The largest absolute Gasteiger partial charge is 0.480 e. The average molecular weight is 556 g/mol. The van der Waals surface area contributed by atoms with Crippen LogP contribution in [0, 0.1) is 12.8 Å². The second-order valence-electron chi connectivity index (χ2n) is 8.75. The fraction of sp³-hybridized carbons (Fsp3) is 0.231. The number of benzene rings is 2. The van der Waals surface area contributed by atoms with E-state index in [4.69, 9.17) is 16.3 Å². The zero-order valence-corrected chi connectivity index (χ0v) is 22.7. The van der Waals surface area contributed by atoms with Gasteiger partial charge in [0.1, 0.15) is 5.69 Å². The van der Waals surface area contributed by atoms with E-state index < -0.39 is 15.9 Å². The summed E-state index contributed by atoms with van der Waals surface area (Å²) in [6.07, 6.45) is 2.94. The van der Waals surface area contributed by atoms with E-state index in [0.29, 0.717) is 32.6 Å². The van der Waals surface area contributed by atoms with Gasteiger partial charge in [-0.2, -0.15) is 0 Å². The van der Waals surface area contributed by atoms with Gasteiger partial charge in [-0.25, -0.2) is 18.4 Å². The number of carbonyl (C=O) groups is 1. The van der Waals surface area contributed by atoms with Crippen LogP contribution >= 0.6 is 11.6 Å². The first-order chi connectivity index (χ1) is 18.0. The molecule has 0 saturated carbocycles. The van der Waals surface area contributed by atoms with Gasteiger partial charge in [-0.1, -0.05) is 24.6 Å². The average Bonchev–Trinajstić information content (AvgIpc) is 2.89. The van der Waals surface area contributed by atoms with Gasteiger partial charge < -0.3 is 10.1 Å². The summed E-state index contributed by atoms with van der Waals surface area (Å²) in [6.45, 7) is 3.55. The third-order valence-corrected chi connectivity index (χ3v) is 7.80. The van der Waals surface area contributed by atoms with Gasteiger partial charge >= 0.3 is 0 Å². The van der Waals surface area contributed by atoms with Crippen molar-refractivity contribution >= 4 is 44.1 Å². The smallest absolute Gasteiger partial charge is 0.262 e. The summed E-state index contributed by atoms with van der Waals surface area (Å²) in [4.78, 5) is 33.8. The molecule has 2 N–H and O–H groups in total. The molecule has 0 unspecified atom stereocenters. The Hall–Kier alpha value is -3.96. The van der Waals surface area contributed by atoms with Gasteiger partial charge in [0.15, 0.2) is 0 Å². The van der Waals surface area contributed by atoms with Crippen molar-refractivity contribution < 1.29 is 17.9 Å². The fourth-order valence-corrected chi connectivity index (χ4v) is 5.56. The number of halogens is 1. The topological polar surface area (TPSA) is 132 Å². The molecule has 0 aliphatic carbocycles. The number of fused-ring (bicyclic) bond motifs is 1. The summed E-state index contributed by atoms with van der Waals surface area (Å²) in [5.74, 6) is -0.526. The Labute approximate surface area is 224 Å². The van der Waals surface area contributed by atoms with Gasteiger partial charge in [-0.3, -0.25) is 18.9 Å². The van der Waals surface area contributed by atoms with E-state index in [2.05, 4.69) is 20.0 Å². The lowest BCUT2D eigenvalue weighted by molar-refractivity contribution is -0.124. The van der Waals surface area contributed by atoms with Crippen molar-refractivity contribution in [2.45, 2.75) is 25.3 Å². The second-order valence-corrected chi connectivity index (χ2v) is 10.8. The van der Waals surface area contributed by atoms with Crippen molar-refractivity contribution in [1.29, 1.82) is 0 Å². The molecule has 0 bridgehead atoms. The lowest BCUT2D eigenvalue weighted by Crippen LogP contribution is -2.32. The number of carbonyl (C=O) groups excluding carboxylic acids is 1. The molecule has 12 heteroatoms. The maximum Gasteiger partial charge on any atom is 0.262 e. The highest BCUT2D eigenvalue weighted by Gasteiger charge is 2.21. The molecule has 2 aromatic heterocycles. The van der Waals surface area contributed by atoms with Gasteiger partial charge in [0, 0.05) is 30.4 Å². The van der Waals surface area contributed by atoms with Crippen LogP contribution in [0.3, 0.4) is 0 Å². The second kappa shape index (κ2) is 10.8. The summed E-state index contributed by atoms with van der Waals surface area (Å²) < 4.78 is 35.5. The van der Waals surface area contributed by atoms with Crippen LogP contribution < -0.4 is 20.3 Å². The summed E-state index contributed by atoms with van der Waals surface area (Å²) in [5, 5.41) is 3.35. The number of ether oxygens (including phenoxy) is 1. The normalized spacial score (nSPS) is 12.2. The first-order valence-electron chi connectivity index (χ1n) is 11.6. The number of aromatic nitrogens is 3. The number of nitrogens with one attached hydrogen (secondary N) is 2. The molecule has 198 valence electrons. The van der Waals surface area contributed by atoms with Crippen LogP contribution in [0.15, 0.2) is 64.7 Å². The standard InChI is InChI=1S/C26H26ClN5O5S/c1-15-9-19(27)6-8-23(15)38(35,36)31-22-11-18(12-29-25(22)37-4)17-5-7-21-20(10-17)26(34)32(14-30-21)13-16(2)24(33)28-3/h5-12,14,16,31H,13H2,1-4H3,(H,28,33)/t16-/m0/s1. The lowest BCUT2D eigenvalue weighted by atomic mass is 10.0. The first kappa shape index (κ1) is 27.1. The Morgan fingerprint density at radius 3 is 2.58 bits per heavy atom. The Bertz CT molecular complexity index is 1700. The van der Waals surface area contributed by atoms with Crippen molar-refractivity contribution in [3.63, 3.8) is 0 Å². The van der Waals surface area contributed by atoms with Gasteiger partial charge in [-0.05, 0) is 54.4 Å². The van der Waals surface area contributed by atoms with E-state index in [1.807, 2.05) is 0 Å². The Morgan fingerprint density at radius 1 is 1.13 bits per heavy atom. The molecule has 2 heterocycles. The Balaban J connectivity index is 1.73. The molecule has 1 amide bonds. The lowest BCUT2D eigenvalue weighted by Gasteiger charge is -2.14. The summed E-state index contributed by atoms with van der Waals surface area (Å²) in [7, 11) is -1.06. The zero-order chi connectivity index (χ0) is 27.6. The maximum atomic E-state index is 13.2. The first-order valence-corrected chi connectivity index (χ1v) is 13.4. The third kappa shape index (κ3) is 5.48. The van der Waals surface area contributed by atoms with Crippen molar-refractivity contribution in [3.05, 3.63) is 75.9 Å². The van der Waals surface area contributed by atoms with Crippen LogP contribution in [0.2, 0.25) is 5.02 Å². The summed E-state index contributed by atoms with van der Waals surface area (Å²) in [5.41, 5.74) is 1.97. The van der Waals surface area contributed by atoms with Crippen LogP contribution in [0.25, 0.3) is 22.0 Å². The number of anilines is 1. The van der Waals surface area contributed by atoms with Gasteiger partial charge in [0.2, 0.25) is 11.8 Å². The zero-order valence-electron chi connectivity index (χ0n) is 21.1. The molecule has 10 nitrogen and oxygen atoms in total. The summed E-state index contributed by atoms with van der Waals surface area (Å²) >= 11 is 5.98. The van der Waals surface area contributed by atoms with Crippen molar-refractivity contribution in [2.24, 2.45) is 5.92 Å². The number of hydrogen-bond acceptors (Lipinski definition) is 7. The van der Waals surface area contributed by atoms with E-state index in [0.717, 1.165) is 0 Å². The van der Waals surface area contributed by atoms with E-state index in [1.54, 1.807) is 51.2 Å². The molecular weight excluding hydrogens is 530 g/mol. The molecular formula is C26H26ClN5O5S. The molecule has 0 saturated heterocycles. The highest BCUT2D eigenvalue weighted by atomic mass is 35.5. The van der Waals surface area contributed by atoms with Gasteiger partial charge in [0.05, 0.1) is 35.2 Å². The number of aryl methyl sites for hydroxylation is 1. The molecule has 0 fully saturated rings. The van der Waals surface area contributed by atoms with E-state index in [1.165, 1.54) is 36.3 Å². The van der Waals surface area contributed by atoms with Crippen LogP contribution in [0.4, 0.5) is 5.69 Å². The number of methoxy groups -OCH3 is 1. The molecule has 0 radical (unpaired) electrons. The molecule has 4 aromatic rings.